The first-order valence-corrected chi connectivity index (χ1v) is 8.52. The summed E-state index contributed by atoms with van der Waals surface area (Å²) in [5, 5.41) is 7.09. The largest absolute Gasteiger partial charge is 0.494 e. The summed E-state index contributed by atoms with van der Waals surface area (Å²) in [4.78, 5) is 16.6. The standard InChI is InChI=1S/C20H22N4O2/c1-24-14-15(13-23-24)5-3-12-22-20(25)17-9-7-16(8-10-17)19-18(26-2)6-4-11-21-19/h4,6-11,13-14H,3,5,12H2,1-2H3,(H,22,25). The number of benzene rings is 1. The zero-order chi connectivity index (χ0) is 18.4. The number of pyridine rings is 1. The molecule has 1 amide bonds. The first-order chi connectivity index (χ1) is 12.7. The molecule has 134 valence electrons. The number of nitrogens with one attached hydrogen (secondary N) is 1. The van der Waals surface area contributed by atoms with Crippen molar-refractivity contribution in [3.8, 4) is 17.0 Å². The number of aromatic nitrogens is 3. The third-order valence-electron chi connectivity index (χ3n) is 4.10. The van der Waals surface area contributed by atoms with Crippen molar-refractivity contribution in [3.63, 3.8) is 0 Å². The second-order valence-electron chi connectivity index (χ2n) is 6.01. The Bertz CT molecular complexity index is 872. The highest BCUT2D eigenvalue weighted by Gasteiger charge is 2.09. The van der Waals surface area contributed by atoms with Crippen LogP contribution in [0.5, 0.6) is 5.75 Å². The summed E-state index contributed by atoms with van der Waals surface area (Å²) >= 11 is 0. The van der Waals surface area contributed by atoms with Crippen molar-refractivity contribution in [1.29, 1.82) is 0 Å². The lowest BCUT2D eigenvalue weighted by molar-refractivity contribution is 0.0953. The molecule has 0 fully saturated rings. The Morgan fingerprint density at radius 3 is 2.73 bits per heavy atom. The van der Waals surface area contributed by atoms with Gasteiger partial charge in [0, 0.05) is 37.1 Å². The first-order valence-electron chi connectivity index (χ1n) is 8.52. The molecule has 0 aliphatic heterocycles. The van der Waals surface area contributed by atoms with Gasteiger partial charge in [0.25, 0.3) is 5.91 Å². The summed E-state index contributed by atoms with van der Waals surface area (Å²) < 4.78 is 7.12. The van der Waals surface area contributed by atoms with Gasteiger partial charge >= 0.3 is 0 Å². The van der Waals surface area contributed by atoms with Crippen molar-refractivity contribution < 1.29 is 9.53 Å². The van der Waals surface area contributed by atoms with Crippen LogP contribution in [0, 0.1) is 0 Å². The number of carbonyl (C=O) groups excluding carboxylic acids is 1. The van der Waals surface area contributed by atoms with Crippen LogP contribution in [0.4, 0.5) is 0 Å². The maximum Gasteiger partial charge on any atom is 0.251 e. The Kier molecular flexibility index (Phi) is 5.63. The van der Waals surface area contributed by atoms with E-state index in [9.17, 15) is 4.79 Å². The number of ether oxygens (including phenoxy) is 1. The van der Waals surface area contributed by atoms with E-state index in [0.717, 1.165) is 24.1 Å². The maximum atomic E-state index is 12.3. The van der Waals surface area contributed by atoms with Crippen LogP contribution in [0.1, 0.15) is 22.3 Å². The lowest BCUT2D eigenvalue weighted by Gasteiger charge is -2.08. The number of rotatable bonds is 7. The van der Waals surface area contributed by atoms with Gasteiger partial charge in [-0.05, 0) is 42.7 Å². The van der Waals surface area contributed by atoms with Gasteiger partial charge < -0.3 is 10.1 Å². The van der Waals surface area contributed by atoms with E-state index in [1.165, 1.54) is 5.56 Å². The SMILES string of the molecule is COc1cccnc1-c1ccc(C(=O)NCCCc2cnn(C)c2)cc1. The highest BCUT2D eigenvalue weighted by atomic mass is 16.5. The quantitative estimate of drug-likeness (QED) is 0.665. The van der Waals surface area contributed by atoms with E-state index in [1.54, 1.807) is 30.1 Å². The maximum absolute atomic E-state index is 12.3. The van der Waals surface area contributed by atoms with Gasteiger partial charge in [0.2, 0.25) is 0 Å². The van der Waals surface area contributed by atoms with E-state index in [1.807, 2.05) is 43.7 Å². The van der Waals surface area contributed by atoms with Crippen LogP contribution in [-0.2, 0) is 13.5 Å². The molecule has 0 saturated carbocycles. The normalized spacial score (nSPS) is 10.5. The van der Waals surface area contributed by atoms with Crippen molar-refractivity contribution in [2.75, 3.05) is 13.7 Å². The number of hydrogen-bond acceptors (Lipinski definition) is 4. The molecule has 1 N–H and O–H groups in total. The minimum atomic E-state index is -0.0734. The second-order valence-corrected chi connectivity index (χ2v) is 6.01. The molecule has 0 saturated heterocycles. The Morgan fingerprint density at radius 1 is 1.23 bits per heavy atom. The molecular formula is C20H22N4O2. The molecule has 3 rings (SSSR count). The third kappa shape index (κ3) is 4.27. The summed E-state index contributed by atoms with van der Waals surface area (Å²) in [6.45, 7) is 0.629. The number of methoxy groups -OCH3 is 1. The predicted molar refractivity (Wildman–Crippen MR) is 100 cm³/mol. The van der Waals surface area contributed by atoms with Crippen LogP contribution in [0.3, 0.4) is 0 Å². The molecule has 2 aromatic heterocycles. The van der Waals surface area contributed by atoms with Gasteiger partial charge in [0.1, 0.15) is 11.4 Å². The molecule has 0 unspecified atom stereocenters. The van der Waals surface area contributed by atoms with Gasteiger partial charge in [-0.1, -0.05) is 12.1 Å². The van der Waals surface area contributed by atoms with Crippen molar-refractivity contribution in [2.45, 2.75) is 12.8 Å². The fourth-order valence-corrected chi connectivity index (χ4v) is 2.75. The third-order valence-corrected chi connectivity index (χ3v) is 4.10. The summed E-state index contributed by atoms with van der Waals surface area (Å²) in [7, 11) is 3.52. The minimum absolute atomic E-state index is 0.0734. The van der Waals surface area contributed by atoms with Crippen molar-refractivity contribution >= 4 is 5.91 Å². The molecule has 3 aromatic rings. The Hall–Kier alpha value is -3.15. The van der Waals surface area contributed by atoms with E-state index in [0.29, 0.717) is 17.9 Å². The van der Waals surface area contributed by atoms with Crippen LogP contribution in [0.25, 0.3) is 11.3 Å². The number of carbonyl (C=O) groups is 1. The van der Waals surface area contributed by atoms with Crippen molar-refractivity contribution in [2.24, 2.45) is 7.05 Å². The van der Waals surface area contributed by atoms with Gasteiger partial charge in [-0.2, -0.15) is 5.10 Å². The minimum Gasteiger partial charge on any atom is -0.494 e. The first kappa shape index (κ1) is 17.7. The molecular weight excluding hydrogens is 328 g/mol. The molecule has 0 bridgehead atoms. The second kappa shape index (κ2) is 8.29. The molecule has 0 aliphatic rings. The number of aryl methyl sites for hydroxylation is 2. The fourth-order valence-electron chi connectivity index (χ4n) is 2.75. The zero-order valence-corrected chi connectivity index (χ0v) is 15.0. The highest BCUT2D eigenvalue weighted by molar-refractivity contribution is 5.94. The van der Waals surface area contributed by atoms with Gasteiger partial charge in [0.05, 0.1) is 13.3 Å². The molecule has 6 nitrogen and oxygen atoms in total. The van der Waals surface area contributed by atoms with Crippen LogP contribution in [0.15, 0.2) is 55.0 Å². The van der Waals surface area contributed by atoms with Crippen molar-refractivity contribution in [3.05, 3.63) is 66.1 Å². The van der Waals surface area contributed by atoms with Crippen LogP contribution in [-0.4, -0.2) is 34.3 Å². The smallest absolute Gasteiger partial charge is 0.251 e. The average Bonchev–Trinajstić information content (AvgIpc) is 3.10. The Morgan fingerprint density at radius 2 is 2.04 bits per heavy atom. The Balaban J connectivity index is 1.55. The Labute approximate surface area is 152 Å². The highest BCUT2D eigenvalue weighted by Crippen LogP contribution is 2.27. The molecule has 0 radical (unpaired) electrons. The molecule has 0 aliphatic carbocycles. The van der Waals surface area contributed by atoms with Crippen LogP contribution < -0.4 is 10.1 Å². The molecule has 0 spiro atoms. The molecule has 26 heavy (non-hydrogen) atoms. The summed E-state index contributed by atoms with van der Waals surface area (Å²) in [6.07, 6.45) is 7.34. The topological polar surface area (TPSA) is 69.0 Å². The van der Waals surface area contributed by atoms with E-state index >= 15 is 0 Å². The summed E-state index contributed by atoms with van der Waals surface area (Å²) in [5.74, 6) is 0.635. The lowest BCUT2D eigenvalue weighted by atomic mass is 10.1. The van der Waals surface area contributed by atoms with Gasteiger partial charge in [-0.3, -0.25) is 14.5 Å². The number of nitrogens with zero attached hydrogens (tertiary/aromatic N) is 3. The van der Waals surface area contributed by atoms with Crippen molar-refractivity contribution in [1.82, 2.24) is 20.1 Å². The monoisotopic (exact) mass is 350 g/mol. The molecule has 2 heterocycles. The zero-order valence-electron chi connectivity index (χ0n) is 15.0. The predicted octanol–water partition coefficient (Wildman–Crippen LogP) is 2.85. The lowest BCUT2D eigenvalue weighted by Crippen LogP contribution is -2.24. The van der Waals surface area contributed by atoms with Gasteiger partial charge in [-0.25, -0.2) is 0 Å². The van der Waals surface area contributed by atoms with E-state index in [2.05, 4.69) is 15.4 Å². The summed E-state index contributed by atoms with van der Waals surface area (Å²) in [6, 6.07) is 11.1. The van der Waals surface area contributed by atoms with Crippen LogP contribution in [0.2, 0.25) is 0 Å². The molecule has 1 aromatic carbocycles. The van der Waals surface area contributed by atoms with E-state index in [4.69, 9.17) is 4.74 Å². The molecule has 0 atom stereocenters. The van der Waals surface area contributed by atoms with E-state index < -0.39 is 0 Å². The van der Waals surface area contributed by atoms with Gasteiger partial charge in [-0.15, -0.1) is 0 Å². The van der Waals surface area contributed by atoms with E-state index in [-0.39, 0.29) is 5.91 Å². The number of amides is 1. The van der Waals surface area contributed by atoms with Crippen LogP contribution >= 0.6 is 0 Å². The summed E-state index contributed by atoms with van der Waals surface area (Å²) in [5.41, 5.74) is 3.48. The average molecular weight is 350 g/mol. The van der Waals surface area contributed by atoms with Gasteiger partial charge in [0.15, 0.2) is 0 Å². The number of hydrogen-bond donors (Lipinski definition) is 1. The fraction of sp³-hybridized carbons (Fsp3) is 0.250. The molecule has 6 heteroatoms.